The van der Waals surface area contributed by atoms with Crippen LogP contribution in [0.25, 0.3) is 21.9 Å². The summed E-state index contributed by atoms with van der Waals surface area (Å²) >= 11 is 1.48. The number of ether oxygens (including phenoxy) is 1. The average molecular weight is 421 g/mol. The average Bonchev–Trinajstić information content (AvgIpc) is 3.00. The molecule has 3 aromatic rings. The lowest BCUT2D eigenvalue weighted by Crippen LogP contribution is -2.56. The van der Waals surface area contributed by atoms with Crippen LogP contribution in [0.5, 0.6) is 0 Å². The van der Waals surface area contributed by atoms with Gasteiger partial charge in [-0.2, -0.15) is 4.31 Å². The van der Waals surface area contributed by atoms with Crippen molar-refractivity contribution in [2.24, 2.45) is 0 Å². The zero-order chi connectivity index (χ0) is 20.1. The molecular weight excluding hydrogens is 402 g/mol. The largest absolute Gasteiger partial charge is 0.507 e. The molecule has 1 aliphatic rings. The zero-order valence-electron chi connectivity index (χ0n) is 15.3. The summed E-state index contributed by atoms with van der Waals surface area (Å²) in [7, 11) is -3.99. The van der Waals surface area contributed by atoms with Crippen LogP contribution in [-0.2, 0) is 14.8 Å². The molecule has 148 valence electrons. The Morgan fingerprint density at radius 1 is 1.21 bits per heavy atom. The molecule has 9 heteroatoms. The van der Waals surface area contributed by atoms with Crippen LogP contribution in [0, 0.1) is 0 Å². The lowest BCUT2D eigenvalue weighted by molar-refractivity contribution is -0.0166. The fraction of sp³-hybridized carbons (Fsp3) is 0.316. The minimum absolute atomic E-state index is 0.0424. The van der Waals surface area contributed by atoms with Gasteiger partial charge < -0.3 is 14.3 Å². The second-order valence-electron chi connectivity index (χ2n) is 7.06. The molecule has 1 saturated heterocycles. The molecule has 0 amide bonds. The van der Waals surface area contributed by atoms with Gasteiger partial charge in [0.25, 0.3) is 0 Å². The first-order valence-corrected chi connectivity index (χ1v) is 11.1. The van der Waals surface area contributed by atoms with E-state index in [-0.39, 0.29) is 11.4 Å². The Morgan fingerprint density at radius 2 is 1.93 bits per heavy atom. The molecule has 2 heterocycles. The Kier molecular flexibility index (Phi) is 4.56. The first-order chi connectivity index (χ1) is 13.2. The van der Waals surface area contributed by atoms with E-state index in [1.807, 2.05) is 24.3 Å². The van der Waals surface area contributed by atoms with Crippen molar-refractivity contribution >= 4 is 49.9 Å². The van der Waals surface area contributed by atoms with Gasteiger partial charge in [0.05, 0.1) is 9.64 Å². The monoisotopic (exact) mass is 421 g/mol. The van der Waals surface area contributed by atoms with Crippen molar-refractivity contribution in [1.29, 1.82) is 0 Å². The molecule has 0 saturated carbocycles. The number of carbonyl (C=O) groups is 1. The van der Waals surface area contributed by atoms with E-state index in [0.29, 0.717) is 16.9 Å². The normalized spacial score (nSPS) is 20.4. The van der Waals surface area contributed by atoms with Crippen LogP contribution in [0.3, 0.4) is 0 Å². The maximum atomic E-state index is 13.3. The number of hydrogen-bond donors (Lipinski definition) is 1. The summed E-state index contributed by atoms with van der Waals surface area (Å²) in [5.41, 5.74) is 1.14. The smallest absolute Gasteiger partial charge is 0.456 e. The Labute approximate surface area is 166 Å². The van der Waals surface area contributed by atoms with Gasteiger partial charge in [0, 0.05) is 29.1 Å². The summed E-state index contributed by atoms with van der Waals surface area (Å²) in [5.74, 6) is 0.540. The third-order valence-electron chi connectivity index (χ3n) is 4.81. The fourth-order valence-corrected chi connectivity index (χ4v) is 6.45. The minimum atomic E-state index is -3.99. The lowest BCUT2D eigenvalue weighted by atomic mass is 10.1. The van der Waals surface area contributed by atoms with Gasteiger partial charge in [-0.25, -0.2) is 13.2 Å². The molecule has 1 aromatic heterocycles. The number of thioether (sulfide) groups is 1. The van der Waals surface area contributed by atoms with E-state index in [1.165, 1.54) is 23.9 Å². The molecule has 0 aliphatic carbocycles. The third kappa shape index (κ3) is 3.13. The summed E-state index contributed by atoms with van der Waals surface area (Å²) in [6, 6.07) is 12.2. The highest BCUT2D eigenvalue weighted by atomic mass is 32.2. The van der Waals surface area contributed by atoms with Crippen LogP contribution in [-0.4, -0.2) is 47.3 Å². The molecule has 1 atom stereocenters. The molecule has 1 fully saturated rings. The maximum absolute atomic E-state index is 13.3. The van der Waals surface area contributed by atoms with Crippen LogP contribution in [0.2, 0.25) is 0 Å². The molecule has 0 unspecified atom stereocenters. The van der Waals surface area contributed by atoms with Crippen molar-refractivity contribution in [1.82, 2.24) is 4.31 Å². The molecule has 28 heavy (non-hydrogen) atoms. The molecule has 0 radical (unpaired) electrons. The van der Waals surface area contributed by atoms with E-state index in [9.17, 15) is 13.2 Å². The summed E-state index contributed by atoms with van der Waals surface area (Å²) in [4.78, 5) is 11.2. The molecular formula is C19H19NO6S2. The van der Waals surface area contributed by atoms with Crippen molar-refractivity contribution in [3.63, 3.8) is 0 Å². The van der Waals surface area contributed by atoms with Crippen molar-refractivity contribution in [3.8, 4) is 0 Å². The number of hydrogen-bond acceptors (Lipinski definition) is 6. The van der Waals surface area contributed by atoms with Crippen LogP contribution in [0.15, 0.2) is 51.8 Å². The second-order valence-corrected chi connectivity index (χ2v) is 10.7. The van der Waals surface area contributed by atoms with E-state index in [2.05, 4.69) is 0 Å². The second kappa shape index (κ2) is 6.68. The number of nitrogens with zero attached hydrogens (tertiary/aromatic N) is 1. The Balaban J connectivity index is 1.80. The highest BCUT2D eigenvalue weighted by molar-refractivity contribution is 8.00. The highest BCUT2D eigenvalue weighted by Crippen LogP contribution is 2.39. The number of para-hydroxylation sites is 1. The minimum Gasteiger partial charge on any atom is -0.456 e. The predicted octanol–water partition coefficient (Wildman–Crippen LogP) is 4.12. The molecule has 4 rings (SSSR count). The van der Waals surface area contributed by atoms with Crippen LogP contribution < -0.4 is 0 Å². The van der Waals surface area contributed by atoms with Crippen molar-refractivity contribution in [2.75, 3.05) is 12.3 Å². The molecule has 2 aromatic carbocycles. The van der Waals surface area contributed by atoms with Crippen molar-refractivity contribution in [3.05, 3.63) is 42.5 Å². The van der Waals surface area contributed by atoms with Gasteiger partial charge in [0.2, 0.25) is 10.0 Å². The maximum Gasteiger partial charge on any atom is 0.507 e. The molecule has 1 aliphatic heterocycles. The summed E-state index contributed by atoms with van der Waals surface area (Å²) in [6.07, 6.45) is -2.63. The van der Waals surface area contributed by atoms with Gasteiger partial charge in [-0.1, -0.05) is 18.2 Å². The molecule has 0 bridgehead atoms. The molecule has 0 spiro atoms. The van der Waals surface area contributed by atoms with Crippen LogP contribution >= 0.6 is 11.8 Å². The van der Waals surface area contributed by atoms with Gasteiger partial charge in [-0.15, -0.1) is 11.8 Å². The summed E-state index contributed by atoms with van der Waals surface area (Å²) < 4.78 is 37.8. The highest BCUT2D eigenvalue weighted by Gasteiger charge is 2.47. The Morgan fingerprint density at radius 3 is 2.68 bits per heavy atom. The number of furan rings is 1. The SMILES string of the molecule is CC1(C)SCCN(S(=O)(=O)c2ccc3c(c2)oc2ccccc23)[C@H]1OC(=O)O. The summed E-state index contributed by atoms with van der Waals surface area (Å²) in [5, 5.41) is 10.8. The number of sulfonamides is 1. The van der Waals surface area contributed by atoms with Crippen molar-refractivity contribution in [2.45, 2.75) is 29.7 Å². The quantitative estimate of drug-likeness (QED) is 0.635. The molecule has 1 N–H and O–H groups in total. The number of carboxylic acid groups (broad SMARTS) is 1. The van der Waals surface area contributed by atoms with E-state index in [1.54, 1.807) is 19.9 Å². The van der Waals surface area contributed by atoms with E-state index < -0.39 is 27.2 Å². The topological polar surface area (TPSA) is 97.0 Å². The Bertz CT molecular complexity index is 1170. The first kappa shape index (κ1) is 19.1. The van der Waals surface area contributed by atoms with Gasteiger partial charge in [0.15, 0.2) is 6.23 Å². The van der Waals surface area contributed by atoms with Gasteiger partial charge >= 0.3 is 6.16 Å². The first-order valence-electron chi connectivity index (χ1n) is 8.67. The zero-order valence-corrected chi connectivity index (χ0v) is 16.9. The van der Waals surface area contributed by atoms with Gasteiger partial charge in [0.1, 0.15) is 11.2 Å². The number of fused-ring (bicyclic) bond motifs is 3. The molecule has 7 nitrogen and oxygen atoms in total. The van der Waals surface area contributed by atoms with Crippen LogP contribution in [0.4, 0.5) is 4.79 Å². The standard InChI is InChI=1S/C19H19NO6S2/c1-19(2)17(26-18(21)22)20(9-10-27-19)28(23,24)12-7-8-14-13-5-3-4-6-15(13)25-16(14)11-12/h3-8,11,17H,9-10H2,1-2H3,(H,21,22)/t17-/m0/s1. The predicted molar refractivity (Wildman–Crippen MR) is 107 cm³/mol. The van der Waals surface area contributed by atoms with Gasteiger partial charge in [-0.3, -0.25) is 0 Å². The van der Waals surface area contributed by atoms with Gasteiger partial charge in [-0.05, 0) is 32.0 Å². The fourth-order valence-electron chi connectivity index (χ4n) is 3.48. The Hall–Kier alpha value is -2.23. The van der Waals surface area contributed by atoms with E-state index >= 15 is 0 Å². The lowest BCUT2D eigenvalue weighted by Gasteiger charge is -2.43. The van der Waals surface area contributed by atoms with E-state index in [0.717, 1.165) is 15.1 Å². The third-order valence-corrected chi connectivity index (χ3v) is 7.98. The number of benzene rings is 2. The van der Waals surface area contributed by atoms with Crippen LogP contribution in [0.1, 0.15) is 13.8 Å². The summed E-state index contributed by atoms with van der Waals surface area (Å²) in [6.45, 7) is 3.71. The van der Waals surface area contributed by atoms with E-state index in [4.69, 9.17) is 14.3 Å². The van der Waals surface area contributed by atoms with Crippen molar-refractivity contribution < 1.29 is 27.5 Å². The number of rotatable bonds is 3.